The lowest BCUT2D eigenvalue weighted by atomic mass is 10.2. The van der Waals surface area contributed by atoms with Crippen molar-refractivity contribution in [3.05, 3.63) is 42.5 Å². The highest BCUT2D eigenvalue weighted by atomic mass is 16.5. The van der Waals surface area contributed by atoms with Crippen molar-refractivity contribution in [2.45, 2.75) is 0 Å². The standard InChI is InChI=1S/C20H20N4O4/c1-26-12-8-11(9-13(10-12)27-2)24-18(21)16(17(25)20(24)28-3)19-22-14-6-4-5-7-15(14)23-19/h4-10,25H,21H2,1-3H3,(H,22,23). The third-order valence-corrected chi connectivity index (χ3v) is 4.55. The summed E-state index contributed by atoms with van der Waals surface area (Å²) >= 11 is 0. The Kier molecular flexibility index (Phi) is 4.23. The SMILES string of the molecule is COc1cc(OC)cc(-n2c(N)c(-c3nc4ccccc4[nH]3)c(O)c2OC)c1. The van der Waals surface area contributed by atoms with Gasteiger partial charge in [0.05, 0.1) is 38.1 Å². The summed E-state index contributed by atoms with van der Waals surface area (Å²) in [6.45, 7) is 0. The number of rotatable bonds is 5. The maximum absolute atomic E-state index is 10.8. The number of nitrogens with two attached hydrogens (primary N) is 1. The second-order valence-corrected chi connectivity index (χ2v) is 6.13. The van der Waals surface area contributed by atoms with E-state index in [1.54, 1.807) is 37.0 Å². The van der Waals surface area contributed by atoms with Crippen LogP contribution in [0.25, 0.3) is 28.1 Å². The number of benzene rings is 2. The van der Waals surface area contributed by atoms with Crippen LogP contribution in [0.4, 0.5) is 5.82 Å². The van der Waals surface area contributed by atoms with E-state index < -0.39 is 0 Å². The normalized spacial score (nSPS) is 11.0. The number of methoxy groups -OCH3 is 3. The summed E-state index contributed by atoms with van der Waals surface area (Å²) in [7, 11) is 4.59. The van der Waals surface area contributed by atoms with Crippen molar-refractivity contribution in [2.75, 3.05) is 27.1 Å². The van der Waals surface area contributed by atoms with E-state index in [2.05, 4.69) is 9.97 Å². The van der Waals surface area contributed by atoms with Gasteiger partial charge in [0.15, 0.2) is 5.75 Å². The number of nitrogens with zero attached hydrogens (tertiary/aromatic N) is 2. The van der Waals surface area contributed by atoms with Crippen LogP contribution in [0.5, 0.6) is 23.1 Å². The molecular formula is C20H20N4O4. The second kappa shape index (κ2) is 6.73. The zero-order valence-electron chi connectivity index (χ0n) is 15.7. The average molecular weight is 380 g/mol. The molecule has 0 radical (unpaired) electrons. The maximum atomic E-state index is 10.8. The van der Waals surface area contributed by atoms with Gasteiger partial charge in [0, 0.05) is 18.2 Å². The largest absolute Gasteiger partial charge is 0.503 e. The molecule has 0 bridgehead atoms. The van der Waals surface area contributed by atoms with E-state index in [-0.39, 0.29) is 17.4 Å². The molecule has 0 aliphatic carbocycles. The van der Waals surface area contributed by atoms with E-state index in [9.17, 15) is 5.11 Å². The highest BCUT2D eigenvalue weighted by Gasteiger charge is 2.26. The van der Waals surface area contributed by atoms with Crippen LogP contribution in [-0.2, 0) is 0 Å². The molecule has 2 aromatic carbocycles. The van der Waals surface area contributed by atoms with Crippen molar-refractivity contribution in [1.82, 2.24) is 14.5 Å². The van der Waals surface area contributed by atoms with Crippen LogP contribution in [0.1, 0.15) is 0 Å². The summed E-state index contributed by atoms with van der Waals surface area (Å²) in [4.78, 5) is 7.73. The molecule has 0 unspecified atom stereocenters. The molecule has 8 nitrogen and oxygen atoms in total. The minimum Gasteiger partial charge on any atom is -0.503 e. The van der Waals surface area contributed by atoms with Gasteiger partial charge in [0.2, 0.25) is 5.88 Å². The molecule has 0 aliphatic rings. The monoisotopic (exact) mass is 380 g/mol. The van der Waals surface area contributed by atoms with Crippen molar-refractivity contribution in [3.63, 3.8) is 0 Å². The van der Waals surface area contributed by atoms with Gasteiger partial charge in [-0.1, -0.05) is 12.1 Å². The molecule has 0 atom stereocenters. The first kappa shape index (κ1) is 17.6. The Morgan fingerprint density at radius 3 is 2.29 bits per heavy atom. The van der Waals surface area contributed by atoms with Crippen molar-refractivity contribution >= 4 is 16.9 Å². The first-order valence-electron chi connectivity index (χ1n) is 8.53. The molecule has 4 aromatic rings. The van der Waals surface area contributed by atoms with Crippen LogP contribution in [0, 0.1) is 0 Å². The van der Waals surface area contributed by atoms with E-state index in [1.165, 1.54) is 7.11 Å². The van der Waals surface area contributed by atoms with E-state index >= 15 is 0 Å². The molecule has 2 heterocycles. The number of fused-ring (bicyclic) bond motifs is 1. The Morgan fingerprint density at radius 2 is 1.68 bits per heavy atom. The summed E-state index contributed by atoms with van der Waals surface area (Å²) in [5.74, 6) is 1.94. The molecule has 0 spiro atoms. The number of aromatic amines is 1. The van der Waals surface area contributed by atoms with Crippen molar-refractivity contribution in [1.29, 1.82) is 0 Å². The summed E-state index contributed by atoms with van der Waals surface area (Å²) in [5.41, 5.74) is 9.01. The van der Waals surface area contributed by atoms with Gasteiger partial charge in [0.25, 0.3) is 0 Å². The number of para-hydroxylation sites is 2. The topological polar surface area (TPSA) is 108 Å². The van der Waals surface area contributed by atoms with Crippen LogP contribution in [0.3, 0.4) is 0 Å². The molecule has 0 fully saturated rings. The van der Waals surface area contributed by atoms with E-state index in [0.29, 0.717) is 28.6 Å². The van der Waals surface area contributed by atoms with Gasteiger partial charge >= 0.3 is 0 Å². The number of aromatic hydroxyl groups is 1. The van der Waals surface area contributed by atoms with Gasteiger partial charge in [-0.05, 0) is 12.1 Å². The van der Waals surface area contributed by atoms with Crippen LogP contribution in [0.15, 0.2) is 42.5 Å². The minimum atomic E-state index is -0.110. The molecule has 0 aliphatic heterocycles. The van der Waals surface area contributed by atoms with Gasteiger partial charge in [0.1, 0.15) is 28.7 Å². The Hall–Kier alpha value is -3.81. The molecule has 0 saturated heterocycles. The Morgan fingerprint density at radius 1 is 1.00 bits per heavy atom. The first-order chi connectivity index (χ1) is 13.6. The second-order valence-electron chi connectivity index (χ2n) is 6.13. The fraction of sp³-hybridized carbons (Fsp3) is 0.150. The fourth-order valence-electron chi connectivity index (χ4n) is 3.23. The van der Waals surface area contributed by atoms with Crippen molar-refractivity contribution < 1.29 is 19.3 Å². The summed E-state index contributed by atoms with van der Waals surface area (Å²) in [6, 6.07) is 12.9. The Bertz CT molecular complexity index is 1110. The smallest absolute Gasteiger partial charge is 0.243 e. The molecule has 2 aromatic heterocycles. The lowest BCUT2D eigenvalue weighted by Gasteiger charge is -2.13. The Labute approximate surface area is 161 Å². The van der Waals surface area contributed by atoms with Crippen LogP contribution >= 0.6 is 0 Å². The maximum Gasteiger partial charge on any atom is 0.243 e. The predicted molar refractivity (Wildman–Crippen MR) is 107 cm³/mol. The number of hydrogen-bond donors (Lipinski definition) is 3. The zero-order chi connectivity index (χ0) is 19.8. The van der Waals surface area contributed by atoms with Gasteiger partial charge < -0.3 is 30.0 Å². The number of hydrogen-bond acceptors (Lipinski definition) is 6. The van der Waals surface area contributed by atoms with Crippen LogP contribution in [0.2, 0.25) is 0 Å². The van der Waals surface area contributed by atoms with E-state index in [0.717, 1.165) is 11.0 Å². The zero-order valence-corrected chi connectivity index (χ0v) is 15.7. The molecule has 28 heavy (non-hydrogen) atoms. The third-order valence-electron chi connectivity index (χ3n) is 4.55. The Balaban J connectivity index is 1.96. The highest BCUT2D eigenvalue weighted by molar-refractivity contribution is 5.87. The minimum absolute atomic E-state index is 0.110. The van der Waals surface area contributed by atoms with Crippen LogP contribution < -0.4 is 19.9 Å². The number of nitrogens with one attached hydrogen (secondary N) is 1. The van der Waals surface area contributed by atoms with Crippen molar-refractivity contribution in [3.8, 4) is 40.2 Å². The number of H-pyrrole nitrogens is 1. The third kappa shape index (κ3) is 2.66. The first-order valence-corrected chi connectivity index (χ1v) is 8.53. The molecular weight excluding hydrogens is 360 g/mol. The molecule has 0 saturated carbocycles. The summed E-state index contributed by atoms with van der Waals surface area (Å²) in [5, 5.41) is 10.8. The molecule has 4 rings (SSSR count). The summed E-state index contributed by atoms with van der Waals surface area (Å²) < 4.78 is 17.7. The van der Waals surface area contributed by atoms with Crippen LogP contribution in [-0.4, -0.2) is 41.0 Å². The average Bonchev–Trinajstić information content (AvgIpc) is 3.24. The predicted octanol–water partition coefficient (Wildman–Crippen LogP) is 3.33. The summed E-state index contributed by atoms with van der Waals surface area (Å²) in [6.07, 6.45) is 0. The van der Waals surface area contributed by atoms with E-state index in [1.807, 2.05) is 24.3 Å². The van der Waals surface area contributed by atoms with Gasteiger partial charge in [-0.25, -0.2) is 4.98 Å². The van der Waals surface area contributed by atoms with E-state index in [4.69, 9.17) is 19.9 Å². The fourth-order valence-corrected chi connectivity index (χ4v) is 3.23. The van der Waals surface area contributed by atoms with Crippen molar-refractivity contribution in [2.24, 2.45) is 0 Å². The number of nitrogen functional groups attached to an aromatic ring is 1. The lowest BCUT2D eigenvalue weighted by Crippen LogP contribution is -2.04. The number of aromatic nitrogens is 3. The molecule has 8 heteroatoms. The number of imidazole rings is 1. The number of anilines is 1. The molecule has 0 amide bonds. The quantitative estimate of drug-likeness (QED) is 0.490. The highest BCUT2D eigenvalue weighted by Crippen LogP contribution is 2.46. The lowest BCUT2D eigenvalue weighted by molar-refractivity contribution is 0.356. The number of ether oxygens (including phenoxy) is 3. The van der Waals surface area contributed by atoms with Gasteiger partial charge in [-0.15, -0.1) is 0 Å². The van der Waals surface area contributed by atoms with Gasteiger partial charge in [-0.2, -0.15) is 0 Å². The van der Waals surface area contributed by atoms with Gasteiger partial charge in [-0.3, -0.25) is 4.57 Å². The molecule has 144 valence electrons. The molecule has 4 N–H and O–H groups in total.